The lowest BCUT2D eigenvalue weighted by Gasteiger charge is -2.04. The maximum Gasteiger partial charge on any atom is 0.417 e. The van der Waals surface area contributed by atoms with Crippen molar-refractivity contribution in [3.05, 3.63) is 34.3 Å². The number of aliphatic hydroxyl groups excluding tert-OH is 1. The average molecular weight is 209 g/mol. The lowest BCUT2D eigenvalue weighted by molar-refractivity contribution is -0.146. The van der Waals surface area contributed by atoms with Gasteiger partial charge in [0.05, 0.1) is 5.52 Å². The molecule has 78 valence electrons. The predicted octanol–water partition coefficient (Wildman–Crippen LogP) is 0.239. The number of aromatic amines is 1. The molecule has 0 saturated heterocycles. The van der Waals surface area contributed by atoms with E-state index >= 15 is 0 Å². The smallest absolute Gasteiger partial charge is 0.417 e. The summed E-state index contributed by atoms with van der Waals surface area (Å²) in [6.45, 7) is 0. The summed E-state index contributed by atoms with van der Waals surface area (Å²) in [4.78, 5) is 23.7. The Morgan fingerprint density at radius 2 is 2.20 bits per heavy atom. The normalized spacial score (nSPS) is 12.9. The topological polar surface area (TPSA) is 104 Å². The Bertz CT molecular complexity index is 567. The first-order valence-electron chi connectivity index (χ1n) is 4.11. The Balaban J connectivity index is 2.55. The van der Waals surface area contributed by atoms with Crippen molar-refractivity contribution in [2.75, 3.05) is 0 Å². The Kier molecular flexibility index (Phi) is 2.05. The molecule has 1 unspecified atom stereocenters. The second-order valence-electron chi connectivity index (χ2n) is 3.01. The van der Waals surface area contributed by atoms with Crippen LogP contribution in [-0.4, -0.2) is 21.2 Å². The highest BCUT2D eigenvalue weighted by Crippen LogP contribution is 2.18. The minimum absolute atomic E-state index is 0.165. The number of aliphatic carboxylic acids is 1. The number of fused-ring (bicyclic) bond motifs is 1. The molecule has 15 heavy (non-hydrogen) atoms. The molecule has 6 heteroatoms. The summed E-state index contributed by atoms with van der Waals surface area (Å²) in [7, 11) is 0. The van der Waals surface area contributed by atoms with Crippen molar-refractivity contribution >= 4 is 17.1 Å². The fourth-order valence-corrected chi connectivity index (χ4v) is 1.27. The Morgan fingerprint density at radius 3 is 2.87 bits per heavy atom. The molecule has 2 aromatic rings. The van der Waals surface area contributed by atoms with Gasteiger partial charge in [0.15, 0.2) is 11.7 Å². The zero-order chi connectivity index (χ0) is 11.0. The molecular formula is C9H7NO5. The van der Waals surface area contributed by atoms with Gasteiger partial charge in [0.1, 0.15) is 0 Å². The van der Waals surface area contributed by atoms with Crippen molar-refractivity contribution in [3.63, 3.8) is 0 Å². The van der Waals surface area contributed by atoms with Gasteiger partial charge in [-0.05, 0) is 17.7 Å². The maximum atomic E-state index is 10.8. The number of aliphatic hydroxyl groups is 1. The number of rotatable bonds is 2. The molecule has 0 radical (unpaired) electrons. The predicted molar refractivity (Wildman–Crippen MR) is 49.4 cm³/mol. The summed E-state index contributed by atoms with van der Waals surface area (Å²) in [6, 6.07) is 4.19. The summed E-state index contributed by atoms with van der Waals surface area (Å²) < 4.78 is 4.72. The van der Waals surface area contributed by atoms with Crippen LogP contribution in [0, 0.1) is 0 Å². The van der Waals surface area contributed by atoms with Gasteiger partial charge in [-0.25, -0.2) is 9.59 Å². The van der Waals surface area contributed by atoms with Crippen molar-refractivity contribution in [2.24, 2.45) is 0 Å². The van der Waals surface area contributed by atoms with Crippen LogP contribution in [0.5, 0.6) is 0 Å². The fraction of sp³-hybridized carbons (Fsp3) is 0.111. The molecule has 0 aliphatic carbocycles. The van der Waals surface area contributed by atoms with E-state index in [1.165, 1.54) is 18.2 Å². The van der Waals surface area contributed by atoms with Gasteiger partial charge in [-0.15, -0.1) is 0 Å². The monoisotopic (exact) mass is 209 g/mol. The van der Waals surface area contributed by atoms with Crippen LogP contribution in [0.25, 0.3) is 11.1 Å². The molecule has 0 aliphatic rings. The van der Waals surface area contributed by atoms with Gasteiger partial charge in [-0.3, -0.25) is 4.98 Å². The van der Waals surface area contributed by atoms with Crippen molar-refractivity contribution in [2.45, 2.75) is 6.10 Å². The third-order valence-corrected chi connectivity index (χ3v) is 1.99. The van der Waals surface area contributed by atoms with E-state index in [0.717, 1.165) is 0 Å². The van der Waals surface area contributed by atoms with E-state index in [2.05, 4.69) is 4.98 Å². The van der Waals surface area contributed by atoms with Gasteiger partial charge >= 0.3 is 11.7 Å². The van der Waals surface area contributed by atoms with Crippen molar-refractivity contribution in [1.29, 1.82) is 0 Å². The second kappa shape index (κ2) is 3.25. The highest BCUT2D eigenvalue weighted by atomic mass is 16.4. The van der Waals surface area contributed by atoms with Gasteiger partial charge in [0, 0.05) is 0 Å². The zero-order valence-electron chi connectivity index (χ0n) is 7.43. The lowest BCUT2D eigenvalue weighted by Crippen LogP contribution is -2.09. The Hall–Kier alpha value is -2.08. The number of carboxylic acid groups (broad SMARTS) is 1. The van der Waals surface area contributed by atoms with Gasteiger partial charge in [0.2, 0.25) is 0 Å². The van der Waals surface area contributed by atoms with E-state index in [1.54, 1.807) is 0 Å². The van der Waals surface area contributed by atoms with E-state index in [9.17, 15) is 14.7 Å². The largest absolute Gasteiger partial charge is 0.479 e. The third-order valence-electron chi connectivity index (χ3n) is 1.99. The third kappa shape index (κ3) is 1.62. The van der Waals surface area contributed by atoms with Crippen molar-refractivity contribution in [1.82, 2.24) is 4.98 Å². The van der Waals surface area contributed by atoms with Crippen molar-refractivity contribution < 1.29 is 19.4 Å². The van der Waals surface area contributed by atoms with Gasteiger partial charge in [0.25, 0.3) is 0 Å². The van der Waals surface area contributed by atoms with Crippen LogP contribution in [0.1, 0.15) is 11.7 Å². The highest BCUT2D eigenvalue weighted by Gasteiger charge is 2.16. The van der Waals surface area contributed by atoms with E-state index < -0.39 is 17.8 Å². The fourth-order valence-electron chi connectivity index (χ4n) is 1.27. The number of hydrogen-bond donors (Lipinski definition) is 3. The lowest BCUT2D eigenvalue weighted by atomic mass is 10.1. The molecule has 0 spiro atoms. The van der Waals surface area contributed by atoms with E-state index in [1.807, 2.05) is 0 Å². The summed E-state index contributed by atoms with van der Waals surface area (Å²) >= 11 is 0. The summed E-state index contributed by atoms with van der Waals surface area (Å²) in [5.74, 6) is -1.97. The summed E-state index contributed by atoms with van der Waals surface area (Å²) in [6.07, 6.45) is -1.62. The number of aromatic nitrogens is 1. The van der Waals surface area contributed by atoms with Crippen LogP contribution in [0.4, 0.5) is 0 Å². The minimum atomic E-state index is -1.62. The van der Waals surface area contributed by atoms with Crippen LogP contribution in [0.3, 0.4) is 0 Å². The maximum absolute atomic E-state index is 10.8. The van der Waals surface area contributed by atoms with Crippen LogP contribution in [0.15, 0.2) is 27.4 Å². The van der Waals surface area contributed by atoms with Crippen LogP contribution < -0.4 is 5.76 Å². The molecule has 6 nitrogen and oxygen atoms in total. The molecule has 0 bridgehead atoms. The number of benzene rings is 1. The molecule has 1 aromatic heterocycles. The van der Waals surface area contributed by atoms with Crippen LogP contribution in [-0.2, 0) is 4.79 Å². The Morgan fingerprint density at radius 1 is 1.47 bits per heavy atom. The first kappa shape index (κ1) is 9.47. The van der Waals surface area contributed by atoms with E-state index in [0.29, 0.717) is 5.52 Å². The van der Waals surface area contributed by atoms with Crippen LogP contribution in [0.2, 0.25) is 0 Å². The van der Waals surface area contributed by atoms with E-state index in [4.69, 9.17) is 9.52 Å². The number of hydrogen-bond acceptors (Lipinski definition) is 4. The number of nitrogens with one attached hydrogen (secondary N) is 1. The van der Waals surface area contributed by atoms with Crippen LogP contribution >= 0.6 is 0 Å². The quantitative estimate of drug-likeness (QED) is 0.657. The summed E-state index contributed by atoms with van der Waals surface area (Å²) in [5.41, 5.74) is 0.844. The molecule has 1 atom stereocenters. The number of oxazole rings is 1. The number of carboxylic acids is 1. The number of carbonyl (C=O) groups is 1. The minimum Gasteiger partial charge on any atom is -0.479 e. The standard InChI is InChI=1S/C9H7NO5/c11-7(8(12)13)4-1-2-5-6(3-4)15-9(14)10-5/h1-3,7,11H,(H,10,14)(H,12,13). The first-order chi connectivity index (χ1) is 7.08. The van der Waals surface area contributed by atoms with Crippen molar-refractivity contribution in [3.8, 4) is 0 Å². The molecule has 0 amide bonds. The molecule has 2 rings (SSSR count). The molecule has 3 N–H and O–H groups in total. The zero-order valence-corrected chi connectivity index (χ0v) is 7.43. The SMILES string of the molecule is O=C(O)C(O)c1ccc2[nH]c(=O)oc2c1. The van der Waals surface area contributed by atoms with Gasteiger partial charge < -0.3 is 14.6 Å². The summed E-state index contributed by atoms with van der Waals surface area (Å²) in [5, 5.41) is 17.8. The Labute approximate surface area is 82.8 Å². The molecule has 1 heterocycles. The molecule has 0 fully saturated rings. The molecule has 0 aliphatic heterocycles. The van der Waals surface area contributed by atoms with Gasteiger partial charge in [-0.1, -0.05) is 6.07 Å². The van der Waals surface area contributed by atoms with Gasteiger partial charge in [-0.2, -0.15) is 0 Å². The van der Waals surface area contributed by atoms with E-state index in [-0.39, 0.29) is 11.1 Å². The number of H-pyrrole nitrogens is 1. The highest BCUT2D eigenvalue weighted by molar-refractivity contribution is 5.78. The second-order valence-corrected chi connectivity index (χ2v) is 3.01. The molecular weight excluding hydrogens is 202 g/mol. The molecule has 0 saturated carbocycles. The average Bonchev–Trinajstić information content (AvgIpc) is 2.55. The first-order valence-corrected chi connectivity index (χ1v) is 4.11. The molecule has 1 aromatic carbocycles.